The van der Waals surface area contributed by atoms with Crippen molar-refractivity contribution >= 4 is 5.69 Å². The van der Waals surface area contributed by atoms with Crippen molar-refractivity contribution in [3.63, 3.8) is 0 Å². The zero-order valence-electron chi connectivity index (χ0n) is 9.69. The Labute approximate surface area is 101 Å². The lowest BCUT2D eigenvalue weighted by atomic mass is 9.90. The maximum Gasteiger partial charge on any atom is 0.0580 e. The minimum atomic E-state index is 0.281. The Kier molecular flexibility index (Phi) is 2.57. The van der Waals surface area contributed by atoms with E-state index in [-0.39, 0.29) is 6.04 Å². The number of anilines is 1. The van der Waals surface area contributed by atoms with Gasteiger partial charge in [-0.3, -0.25) is 0 Å². The molecule has 0 spiro atoms. The van der Waals surface area contributed by atoms with Gasteiger partial charge >= 0.3 is 0 Å². The minimum Gasteiger partial charge on any atom is -0.399 e. The van der Waals surface area contributed by atoms with Gasteiger partial charge in [-0.2, -0.15) is 0 Å². The summed E-state index contributed by atoms with van der Waals surface area (Å²) in [6, 6.07) is 17.1. The predicted molar refractivity (Wildman–Crippen MR) is 70.8 cm³/mol. The highest BCUT2D eigenvalue weighted by molar-refractivity contribution is 5.46. The van der Waals surface area contributed by atoms with Crippen molar-refractivity contribution in [3.05, 3.63) is 65.2 Å². The van der Waals surface area contributed by atoms with E-state index in [1.165, 1.54) is 16.7 Å². The molecular formula is C15H16N2. The summed E-state index contributed by atoms with van der Waals surface area (Å²) in [6.07, 6.45) is 1.11. The second kappa shape index (κ2) is 4.22. The fourth-order valence-corrected chi connectivity index (χ4v) is 2.54. The van der Waals surface area contributed by atoms with Crippen LogP contribution in [0.15, 0.2) is 48.5 Å². The predicted octanol–water partition coefficient (Wildman–Crippen LogP) is 2.50. The molecule has 1 unspecified atom stereocenters. The van der Waals surface area contributed by atoms with Crippen molar-refractivity contribution in [3.8, 4) is 0 Å². The van der Waals surface area contributed by atoms with Crippen LogP contribution in [0.1, 0.15) is 22.7 Å². The number of hydrogen-bond donors (Lipinski definition) is 2. The normalized spacial score (nSPS) is 18.7. The van der Waals surface area contributed by atoms with Gasteiger partial charge in [0.05, 0.1) is 6.04 Å². The molecular weight excluding hydrogens is 208 g/mol. The van der Waals surface area contributed by atoms with Crippen LogP contribution in [0.3, 0.4) is 0 Å². The minimum absolute atomic E-state index is 0.281. The first kappa shape index (κ1) is 10.4. The van der Waals surface area contributed by atoms with E-state index in [1.807, 2.05) is 12.1 Å². The third-order valence-corrected chi connectivity index (χ3v) is 3.35. The van der Waals surface area contributed by atoms with Crippen molar-refractivity contribution in [1.82, 2.24) is 5.32 Å². The summed E-state index contributed by atoms with van der Waals surface area (Å²) < 4.78 is 0. The molecule has 2 nitrogen and oxygen atoms in total. The highest BCUT2D eigenvalue weighted by Gasteiger charge is 2.20. The number of nitrogens with one attached hydrogen (secondary N) is 1. The first-order chi connectivity index (χ1) is 8.34. The molecule has 2 heteroatoms. The van der Waals surface area contributed by atoms with Crippen LogP contribution in [-0.4, -0.2) is 6.54 Å². The van der Waals surface area contributed by atoms with Crippen molar-refractivity contribution < 1.29 is 0 Å². The van der Waals surface area contributed by atoms with Crippen LogP contribution >= 0.6 is 0 Å². The fourth-order valence-electron chi connectivity index (χ4n) is 2.54. The topological polar surface area (TPSA) is 38.0 Å². The zero-order valence-corrected chi connectivity index (χ0v) is 9.69. The van der Waals surface area contributed by atoms with Crippen LogP contribution < -0.4 is 11.1 Å². The molecule has 86 valence electrons. The van der Waals surface area contributed by atoms with Crippen LogP contribution in [0, 0.1) is 0 Å². The molecule has 0 aromatic heterocycles. The van der Waals surface area contributed by atoms with Gasteiger partial charge in [0.1, 0.15) is 0 Å². The van der Waals surface area contributed by atoms with Gasteiger partial charge in [0.2, 0.25) is 0 Å². The Morgan fingerprint density at radius 2 is 1.94 bits per heavy atom. The maximum absolute atomic E-state index is 5.86. The molecule has 17 heavy (non-hydrogen) atoms. The molecule has 1 aliphatic rings. The molecule has 1 atom stereocenters. The quantitative estimate of drug-likeness (QED) is 0.730. The number of benzene rings is 2. The largest absolute Gasteiger partial charge is 0.399 e. The van der Waals surface area contributed by atoms with E-state index in [1.54, 1.807) is 0 Å². The first-order valence-corrected chi connectivity index (χ1v) is 6.01. The third-order valence-electron chi connectivity index (χ3n) is 3.35. The summed E-state index contributed by atoms with van der Waals surface area (Å²) in [4.78, 5) is 0. The number of rotatable bonds is 1. The van der Waals surface area contributed by atoms with Gasteiger partial charge in [0, 0.05) is 12.2 Å². The average Bonchev–Trinajstić information content (AvgIpc) is 2.38. The Bertz CT molecular complexity index is 534. The summed E-state index contributed by atoms with van der Waals surface area (Å²) >= 11 is 0. The second-order valence-corrected chi connectivity index (χ2v) is 4.51. The number of nitrogens with two attached hydrogens (primary N) is 1. The summed E-state index contributed by atoms with van der Waals surface area (Å²) in [5, 5.41) is 3.56. The van der Waals surface area contributed by atoms with Crippen LogP contribution in [0.5, 0.6) is 0 Å². The van der Waals surface area contributed by atoms with E-state index in [0.717, 1.165) is 18.7 Å². The SMILES string of the molecule is Nc1cccc(C2NCCc3ccccc32)c1. The maximum atomic E-state index is 5.86. The Balaban J connectivity index is 2.06. The van der Waals surface area contributed by atoms with E-state index in [0.29, 0.717) is 0 Å². The van der Waals surface area contributed by atoms with Crippen molar-refractivity contribution in [2.45, 2.75) is 12.5 Å². The van der Waals surface area contributed by atoms with Gasteiger partial charge in [-0.1, -0.05) is 36.4 Å². The molecule has 0 aliphatic carbocycles. The van der Waals surface area contributed by atoms with Gasteiger partial charge in [-0.15, -0.1) is 0 Å². The van der Waals surface area contributed by atoms with E-state index in [2.05, 4.69) is 41.7 Å². The number of fused-ring (bicyclic) bond motifs is 1. The average molecular weight is 224 g/mol. The van der Waals surface area contributed by atoms with Gasteiger partial charge in [-0.05, 0) is 35.2 Å². The van der Waals surface area contributed by atoms with E-state index >= 15 is 0 Å². The molecule has 1 heterocycles. The smallest absolute Gasteiger partial charge is 0.0580 e. The molecule has 0 saturated carbocycles. The van der Waals surface area contributed by atoms with E-state index < -0.39 is 0 Å². The van der Waals surface area contributed by atoms with Crippen molar-refractivity contribution in [2.24, 2.45) is 0 Å². The highest BCUT2D eigenvalue weighted by Crippen LogP contribution is 2.29. The fraction of sp³-hybridized carbons (Fsp3) is 0.200. The highest BCUT2D eigenvalue weighted by atomic mass is 14.9. The lowest BCUT2D eigenvalue weighted by Gasteiger charge is -2.27. The van der Waals surface area contributed by atoms with Gasteiger partial charge in [0.25, 0.3) is 0 Å². The lowest BCUT2D eigenvalue weighted by Crippen LogP contribution is -2.30. The van der Waals surface area contributed by atoms with Crippen LogP contribution in [0.4, 0.5) is 5.69 Å². The molecule has 1 aliphatic heterocycles. The molecule has 0 bridgehead atoms. The van der Waals surface area contributed by atoms with Crippen molar-refractivity contribution in [2.75, 3.05) is 12.3 Å². The molecule has 0 saturated heterocycles. The third kappa shape index (κ3) is 1.92. The Morgan fingerprint density at radius 3 is 2.82 bits per heavy atom. The zero-order chi connectivity index (χ0) is 11.7. The number of nitrogen functional groups attached to an aromatic ring is 1. The molecule has 0 radical (unpaired) electrons. The summed E-state index contributed by atoms with van der Waals surface area (Å²) in [5.41, 5.74) is 10.8. The Morgan fingerprint density at radius 1 is 1.06 bits per heavy atom. The van der Waals surface area contributed by atoms with Gasteiger partial charge in [-0.25, -0.2) is 0 Å². The number of hydrogen-bond acceptors (Lipinski definition) is 2. The van der Waals surface area contributed by atoms with Gasteiger partial charge < -0.3 is 11.1 Å². The molecule has 3 N–H and O–H groups in total. The van der Waals surface area contributed by atoms with Crippen LogP contribution in [0.25, 0.3) is 0 Å². The molecule has 2 aromatic rings. The molecule has 0 amide bonds. The second-order valence-electron chi connectivity index (χ2n) is 4.51. The van der Waals surface area contributed by atoms with Crippen LogP contribution in [0.2, 0.25) is 0 Å². The van der Waals surface area contributed by atoms with Gasteiger partial charge in [0.15, 0.2) is 0 Å². The van der Waals surface area contributed by atoms with E-state index in [9.17, 15) is 0 Å². The standard InChI is InChI=1S/C15H16N2/c16-13-6-3-5-12(10-13)15-14-7-2-1-4-11(14)8-9-17-15/h1-7,10,15,17H,8-9,16H2. The summed E-state index contributed by atoms with van der Waals surface area (Å²) in [6.45, 7) is 1.02. The molecule has 3 rings (SSSR count). The first-order valence-electron chi connectivity index (χ1n) is 6.01. The lowest BCUT2D eigenvalue weighted by molar-refractivity contribution is 0.568. The summed E-state index contributed by atoms with van der Waals surface area (Å²) in [5.74, 6) is 0. The summed E-state index contributed by atoms with van der Waals surface area (Å²) in [7, 11) is 0. The van der Waals surface area contributed by atoms with Crippen molar-refractivity contribution in [1.29, 1.82) is 0 Å². The van der Waals surface area contributed by atoms with E-state index in [4.69, 9.17) is 5.73 Å². The van der Waals surface area contributed by atoms with Crippen LogP contribution in [-0.2, 0) is 6.42 Å². The monoisotopic (exact) mass is 224 g/mol. The Hall–Kier alpha value is -1.80. The molecule has 0 fully saturated rings. The molecule has 2 aromatic carbocycles.